The molecule has 4 aliphatic rings. The van der Waals surface area contributed by atoms with Crippen molar-refractivity contribution in [1.82, 2.24) is 10.6 Å². The number of hydrogen-bond acceptors (Lipinski definition) is 21. The van der Waals surface area contributed by atoms with Crippen molar-refractivity contribution in [2.45, 2.75) is 156 Å². The molecule has 20 atom stereocenters. The van der Waals surface area contributed by atoms with Gasteiger partial charge in [0.25, 0.3) is 5.79 Å². The zero-order valence-corrected chi connectivity index (χ0v) is 30.0. The third-order valence-electron chi connectivity index (χ3n) is 9.80. The number of carboxylic acids is 1. The second-order valence-electron chi connectivity index (χ2n) is 13.9. The molecule has 0 spiro atoms. The first kappa shape index (κ1) is 45.4. The van der Waals surface area contributed by atoms with Crippen molar-refractivity contribution in [2.24, 2.45) is 0 Å². The predicted molar refractivity (Wildman–Crippen MR) is 171 cm³/mol. The topological polar surface area (TPSA) is 383 Å². The maximum atomic E-state index is 12.8. The summed E-state index contributed by atoms with van der Waals surface area (Å²) in [6, 6.07) is -2.92. The van der Waals surface area contributed by atoms with Gasteiger partial charge >= 0.3 is 5.97 Å². The van der Waals surface area contributed by atoms with Crippen LogP contribution in [0.4, 0.5) is 0 Å². The third-order valence-corrected chi connectivity index (χ3v) is 9.80. The van der Waals surface area contributed by atoms with Gasteiger partial charge in [0.1, 0.15) is 67.1 Å². The average molecular weight is 805 g/mol. The highest BCUT2D eigenvalue weighted by Gasteiger charge is 2.59. The molecule has 4 heterocycles. The summed E-state index contributed by atoms with van der Waals surface area (Å²) in [7, 11) is 0. The summed E-state index contributed by atoms with van der Waals surface area (Å²) in [4.78, 5) is 36.9. The van der Waals surface area contributed by atoms with Gasteiger partial charge < -0.3 is 105 Å². The highest BCUT2D eigenvalue weighted by Crippen LogP contribution is 2.39. The molecule has 0 aromatic carbocycles. The molecule has 0 aliphatic carbocycles. The van der Waals surface area contributed by atoms with Crippen molar-refractivity contribution in [3.05, 3.63) is 0 Å². The first-order chi connectivity index (χ1) is 25.8. The summed E-state index contributed by atoms with van der Waals surface area (Å²) in [5, 5.41) is 131. The van der Waals surface area contributed by atoms with Crippen LogP contribution in [0, 0.1) is 0 Å². The van der Waals surface area contributed by atoms with Gasteiger partial charge in [-0.05, 0) is 6.92 Å². The molecule has 4 aliphatic heterocycles. The number of amides is 2. The minimum Gasteiger partial charge on any atom is -0.477 e. The Hall–Kier alpha value is -2.31. The Labute approximate surface area is 313 Å². The maximum Gasteiger partial charge on any atom is 0.364 e. The second-order valence-corrected chi connectivity index (χ2v) is 13.9. The number of carboxylic acid groups (broad SMARTS) is 1. The molecule has 2 amide bonds. The van der Waals surface area contributed by atoms with E-state index >= 15 is 0 Å². The monoisotopic (exact) mass is 804 g/mol. The number of hydrogen-bond donors (Lipinski definition) is 14. The molecule has 4 fully saturated rings. The van der Waals surface area contributed by atoms with Crippen LogP contribution >= 0.6 is 0 Å². The molecule has 4 rings (SSSR count). The lowest BCUT2D eigenvalue weighted by Crippen LogP contribution is -2.70. The van der Waals surface area contributed by atoms with Gasteiger partial charge in [0, 0.05) is 26.7 Å². The Bertz CT molecular complexity index is 1300. The van der Waals surface area contributed by atoms with Crippen LogP contribution < -0.4 is 10.6 Å². The molecule has 0 aromatic rings. The van der Waals surface area contributed by atoms with Crippen molar-refractivity contribution in [1.29, 1.82) is 0 Å². The van der Waals surface area contributed by atoms with E-state index in [2.05, 4.69) is 10.6 Å². The van der Waals surface area contributed by atoms with Crippen LogP contribution in [0.2, 0.25) is 0 Å². The van der Waals surface area contributed by atoms with Gasteiger partial charge in [0.15, 0.2) is 18.9 Å². The summed E-state index contributed by atoms with van der Waals surface area (Å²) in [6.07, 6.45) is -31.7. The lowest BCUT2D eigenvalue weighted by molar-refractivity contribution is -0.388. The molecule has 55 heavy (non-hydrogen) atoms. The van der Waals surface area contributed by atoms with E-state index in [1.165, 1.54) is 6.92 Å². The Balaban J connectivity index is 1.69. The standard InChI is InChI=1S/C31H52N2O22/c1-9-19(41)21(43)22(44)28(49-9)53-25-18(33-11(3)38)27(46)50-16(8-36)24(25)52-29-23(45)26(20(42)15(7-35)51-29)55-31(30(47)48)5-13(40)17(32-10(2)37)14(54-31)4-12(39)6-34/h9,12-29,34-36,39-46H,4-8H2,1-3H3,(H,32,37)(H,33,38)(H,47,48)/t9?,12-,13?,14?,15?,16?,17+,18?,19+,20-,21?,22?,23?,24+,25?,26?,27+,28-,29-,31-/m0/s1. The molecule has 4 saturated heterocycles. The summed E-state index contributed by atoms with van der Waals surface area (Å²) >= 11 is 0. The fraction of sp³-hybridized carbons (Fsp3) is 0.903. The van der Waals surface area contributed by atoms with Crippen molar-refractivity contribution in [2.75, 3.05) is 19.8 Å². The quantitative estimate of drug-likeness (QED) is 0.0775. The van der Waals surface area contributed by atoms with Crippen LogP contribution in [-0.2, 0) is 47.5 Å². The number of nitrogens with one attached hydrogen (secondary N) is 2. The maximum absolute atomic E-state index is 12.8. The number of carbonyl (C=O) groups is 3. The molecule has 318 valence electrons. The largest absolute Gasteiger partial charge is 0.477 e. The summed E-state index contributed by atoms with van der Waals surface area (Å²) in [5.74, 6) is -6.26. The Morgan fingerprint density at radius 1 is 0.727 bits per heavy atom. The number of aliphatic hydroxyl groups is 11. The lowest BCUT2D eigenvalue weighted by Gasteiger charge is -2.51. The van der Waals surface area contributed by atoms with Crippen molar-refractivity contribution in [3.8, 4) is 0 Å². The van der Waals surface area contributed by atoms with Crippen LogP contribution in [0.1, 0.15) is 33.6 Å². The molecule has 0 aromatic heterocycles. The first-order valence-electron chi connectivity index (χ1n) is 17.5. The summed E-state index contributed by atoms with van der Waals surface area (Å²) in [6.45, 7) is 0.719. The normalized spacial score (nSPS) is 45.7. The fourth-order valence-corrected chi connectivity index (χ4v) is 6.98. The van der Waals surface area contributed by atoms with Gasteiger partial charge in [-0.15, -0.1) is 0 Å². The molecule has 24 heteroatoms. The Kier molecular flexibility index (Phi) is 15.7. The van der Waals surface area contributed by atoms with Gasteiger partial charge in [-0.3, -0.25) is 9.59 Å². The van der Waals surface area contributed by atoms with E-state index in [0.717, 1.165) is 13.8 Å². The van der Waals surface area contributed by atoms with Crippen molar-refractivity contribution < 1.29 is 109 Å². The van der Waals surface area contributed by atoms with E-state index in [1.807, 2.05) is 0 Å². The first-order valence-corrected chi connectivity index (χ1v) is 17.5. The lowest BCUT2D eigenvalue weighted by atomic mass is 9.89. The Morgan fingerprint density at radius 3 is 1.87 bits per heavy atom. The smallest absolute Gasteiger partial charge is 0.364 e. The van der Waals surface area contributed by atoms with E-state index in [1.54, 1.807) is 0 Å². The van der Waals surface area contributed by atoms with E-state index < -0.39 is 173 Å². The average Bonchev–Trinajstić information content (AvgIpc) is 3.12. The third kappa shape index (κ3) is 10.1. The van der Waals surface area contributed by atoms with E-state index in [0.29, 0.717) is 0 Å². The van der Waals surface area contributed by atoms with Gasteiger partial charge in [0.05, 0.1) is 50.3 Å². The van der Waals surface area contributed by atoms with Crippen LogP contribution in [0.3, 0.4) is 0 Å². The zero-order valence-electron chi connectivity index (χ0n) is 30.0. The van der Waals surface area contributed by atoms with E-state index in [4.69, 9.17) is 33.2 Å². The number of rotatable bonds is 14. The minimum atomic E-state index is -2.94. The molecular weight excluding hydrogens is 752 g/mol. The minimum absolute atomic E-state index is 0.540. The van der Waals surface area contributed by atoms with Crippen molar-refractivity contribution >= 4 is 17.8 Å². The van der Waals surface area contributed by atoms with E-state index in [9.17, 15) is 75.7 Å². The van der Waals surface area contributed by atoms with Crippen molar-refractivity contribution in [3.63, 3.8) is 0 Å². The van der Waals surface area contributed by atoms with Crippen LogP contribution in [0.25, 0.3) is 0 Å². The van der Waals surface area contributed by atoms with E-state index in [-0.39, 0.29) is 0 Å². The Morgan fingerprint density at radius 2 is 1.31 bits per heavy atom. The summed E-state index contributed by atoms with van der Waals surface area (Å²) in [5.41, 5.74) is 0. The van der Waals surface area contributed by atoms with Crippen LogP contribution in [-0.4, -0.2) is 221 Å². The second kappa shape index (κ2) is 19.0. The molecule has 0 radical (unpaired) electrons. The SMILES string of the molecule is CC(=O)NC1C(O[C@@H]2OC(C)[C@@H](O)C(O)C2O)[C@H](O[C@@H]2OC(CO)[C@H](O)C(O[C@]3(C(=O)O)CC(O)[C@@H](NC(C)=O)C(C[C@H](O)CO)O3)C2O)C(CO)O[C@H]1O. The molecule has 0 bridgehead atoms. The van der Waals surface area contributed by atoms with Crippen LogP contribution in [0.5, 0.6) is 0 Å². The highest BCUT2D eigenvalue weighted by molar-refractivity contribution is 5.76. The summed E-state index contributed by atoms with van der Waals surface area (Å²) < 4.78 is 39.9. The molecule has 24 nitrogen and oxygen atoms in total. The zero-order chi connectivity index (χ0) is 41.1. The fourth-order valence-electron chi connectivity index (χ4n) is 6.98. The predicted octanol–water partition coefficient (Wildman–Crippen LogP) is -8.20. The molecule has 14 N–H and O–H groups in total. The number of carbonyl (C=O) groups excluding carboxylic acids is 2. The van der Waals surface area contributed by atoms with Gasteiger partial charge in [-0.1, -0.05) is 0 Å². The van der Waals surface area contributed by atoms with Gasteiger partial charge in [0.2, 0.25) is 11.8 Å². The number of aliphatic carboxylic acids is 1. The number of ether oxygens (including phenoxy) is 7. The molecule has 0 saturated carbocycles. The van der Waals surface area contributed by atoms with Gasteiger partial charge in [-0.25, -0.2) is 4.79 Å². The molecule has 11 unspecified atom stereocenters. The van der Waals surface area contributed by atoms with Crippen LogP contribution in [0.15, 0.2) is 0 Å². The highest BCUT2D eigenvalue weighted by atomic mass is 16.8. The number of aliphatic hydroxyl groups excluding tert-OH is 11. The molecular formula is C31H52N2O22. The van der Waals surface area contributed by atoms with Gasteiger partial charge in [-0.2, -0.15) is 0 Å².